The number of rotatable bonds is 2. The third kappa shape index (κ3) is 1.27. The Morgan fingerprint density at radius 1 is 1.36 bits per heavy atom. The minimum atomic E-state index is -0.475. The van der Waals surface area contributed by atoms with Crippen LogP contribution >= 0.6 is 11.8 Å². The van der Waals surface area contributed by atoms with Gasteiger partial charge in [-0.3, -0.25) is 14.9 Å². The summed E-state index contributed by atoms with van der Waals surface area (Å²) in [5.74, 6) is -0.127. The lowest BCUT2D eigenvalue weighted by Gasteiger charge is -2.18. The Morgan fingerprint density at radius 3 is 2.09 bits per heavy atom. The van der Waals surface area contributed by atoms with E-state index in [0.717, 1.165) is 11.8 Å². The van der Waals surface area contributed by atoms with Crippen LogP contribution in [0.15, 0.2) is 0 Å². The van der Waals surface area contributed by atoms with Crippen LogP contribution in [0, 0.1) is 0 Å². The van der Waals surface area contributed by atoms with E-state index in [9.17, 15) is 9.59 Å². The van der Waals surface area contributed by atoms with Gasteiger partial charge in [0, 0.05) is 0 Å². The van der Waals surface area contributed by atoms with Crippen molar-refractivity contribution in [2.75, 3.05) is 0 Å². The Hall–Kier alpha value is -0.510. The van der Waals surface area contributed by atoms with E-state index in [2.05, 4.69) is 5.32 Å². The molecule has 1 saturated heterocycles. The fourth-order valence-corrected chi connectivity index (χ4v) is 2.10. The Balaban J connectivity index is 2.84. The number of nitrogens with one attached hydrogen (secondary N) is 1. The number of hydrogen-bond donors (Lipinski definition) is 1. The van der Waals surface area contributed by atoms with Gasteiger partial charge in [-0.1, -0.05) is 13.8 Å². The molecule has 1 aliphatic heterocycles. The van der Waals surface area contributed by atoms with E-state index in [1.54, 1.807) is 0 Å². The molecule has 1 heterocycles. The Morgan fingerprint density at radius 2 is 1.91 bits per heavy atom. The molecule has 0 radical (unpaired) electrons. The van der Waals surface area contributed by atoms with Gasteiger partial charge in [-0.25, -0.2) is 0 Å². The number of imide groups is 1. The van der Waals surface area contributed by atoms with Crippen molar-refractivity contribution in [1.29, 1.82) is 0 Å². The molecule has 1 fully saturated rings. The van der Waals surface area contributed by atoms with Crippen molar-refractivity contribution in [3.8, 4) is 0 Å². The van der Waals surface area contributed by atoms with E-state index in [1.807, 2.05) is 13.8 Å². The summed E-state index contributed by atoms with van der Waals surface area (Å²) in [6, 6.07) is 0. The first-order valence-electron chi connectivity index (χ1n) is 3.69. The maximum Gasteiger partial charge on any atom is 0.286 e. The predicted molar refractivity (Wildman–Crippen MR) is 44.4 cm³/mol. The Labute approximate surface area is 69.9 Å². The monoisotopic (exact) mass is 173 g/mol. The maximum absolute atomic E-state index is 11.2. The normalized spacial score (nSPS) is 22.0. The van der Waals surface area contributed by atoms with Crippen LogP contribution in [-0.4, -0.2) is 15.9 Å². The van der Waals surface area contributed by atoms with Crippen LogP contribution in [0.3, 0.4) is 0 Å². The molecule has 1 rings (SSSR count). The van der Waals surface area contributed by atoms with Crippen molar-refractivity contribution >= 4 is 22.9 Å². The summed E-state index contributed by atoms with van der Waals surface area (Å²) in [4.78, 5) is 22.0. The van der Waals surface area contributed by atoms with Gasteiger partial charge in [0.2, 0.25) is 5.91 Å². The SMILES string of the molecule is CCC1(CC)SC(=O)NC1=O. The van der Waals surface area contributed by atoms with Gasteiger partial charge in [0.05, 0.1) is 0 Å². The molecule has 0 aliphatic carbocycles. The lowest BCUT2D eigenvalue weighted by Crippen LogP contribution is -2.35. The highest BCUT2D eigenvalue weighted by Crippen LogP contribution is 2.37. The molecule has 0 spiro atoms. The largest absolute Gasteiger partial charge is 0.286 e. The molecule has 0 saturated carbocycles. The zero-order chi connectivity index (χ0) is 8.48. The molecule has 11 heavy (non-hydrogen) atoms. The van der Waals surface area contributed by atoms with Crippen LogP contribution in [0.25, 0.3) is 0 Å². The van der Waals surface area contributed by atoms with E-state index in [1.165, 1.54) is 0 Å². The second-order valence-electron chi connectivity index (χ2n) is 2.55. The zero-order valence-electron chi connectivity index (χ0n) is 6.64. The minimum Gasteiger partial charge on any atom is -0.286 e. The van der Waals surface area contributed by atoms with Crippen LogP contribution in [0.4, 0.5) is 4.79 Å². The lowest BCUT2D eigenvalue weighted by molar-refractivity contribution is -0.121. The van der Waals surface area contributed by atoms with Gasteiger partial charge >= 0.3 is 0 Å². The summed E-state index contributed by atoms with van der Waals surface area (Å²) in [5, 5.41) is 2.09. The summed E-state index contributed by atoms with van der Waals surface area (Å²) in [5.41, 5.74) is 0. The molecule has 0 aromatic carbocycles. The average Bonchev–Trinajstić information content (AvgIpc) is 2.27. The van der Waals surface area contributed by atoms with Gasteiger partial charge < -0.3 is 0 Å². The van der Waals surface area contributed by atoms with Crippen LogP contribution in [0.5, 0.6) is 0 Å². The molecule has 1 aliphatic rings. The first-order valence-corrected chi connectivity index (χ1v) is 4.50. The summed E-state index contributed by atoms with van der Waals surface area (Å²) in [6.45, 7) is 3.85. The topological polar surface area (TPSA) is 46.2 Å². The van der Waals surface area contributed by atoms with E-state index in [-0.39, 0.29) is 11.1 Å². The first kappa shape index (κ1) is 8.59. The fraction of sp³-hybridized carbons (Fsp3) is 0.714. The summed E-state index contributed by atoms with van der Waals surface area (Å²) in [6.07, 6.45) is 1.43. The van der Waals surface area contributed by atoms with Crippen molar-refractivity contribution in [2.24, 2.45) is 0 Å². The molecule has 0 aromatic heterocycles. The van der Waals surface area contributed by atoms with Crippen molar-refractivity contribution in [3.63, 3.8) is 0 Å². The molecule has 3 nitrogen and oxygen atoms in total. The maximum atomic E-state index is 11.2. The smallest absolute Gasteiger partial charge is 0.286 e. The predicted octanol–water partition coefficient (Wildman–Crippen LogP) is 1.53. The highest BCUT2D eigenvalue weighted by atomic mass is 32.2. The van der Waals surface area contributed by atoms with E-state index in [0.29, 0.717) is 12.8 Å². The second kappa shape index (κ2) is 2.85. The van der Waals surface area contributed by atoms with Gasteiger partial charge in [-0.05, 0) is 24.6 Å². The van der Waals surface area contributed by atoms with Gasteiger partial charge in [0.1, 0.15) is 4.75 Å². The Bertz CT molecular complexity index is 199. The minimum absolute atomic E-state index is 0.127. The third-order valence-corrected chi connectivity index (χ3v) is 3.50. The summed E-state index contributed by atoms with van der Waals surface area (Å²) >= 11 is 1.12. The van der Waals surface area contributed by atoms with E-state index < -0.39 is 4.75 Å². The molecular formula is C7H11NO2S. The summed E-state index contributed by atoms with van der Waals surface area (Å²) in [7, 11) is 0. The van der Waals surface area contributed by atoms with E-state index >= 15 is 0 Å². The van der Waals surface area contributed by atoms with Crippen molar-refractivity contribution in [3.05, 3.63) is 0 Å². The molecule has 0 unspecified atom stereocenters. The molecule has 2 amide bonds. The van der Waals surface area contributed by atoms with Gasteiger partial charge in [-0.15, -0.1) is 0 Å². The van der Waals surface area contributed by atoms with Crippen LogP contribution in [0.1, 0.15) is 26.7 Å². The first-order chi connectivity index (χ1) is 5.14. The highest BCUT2D eigenvalue weighted by molar-refractivity contribution is 8.16. The van der Waals surface area contributed by atoms with Gasteiger partial charge in [0.25, 0.3) is 5.24 Å². The Kier molecular flexibility index (Phi) is 2.23. The second-order valence-corrected chi connectivity index (χ2v) is 3.90. The van der Waals surface area contributed by atoms with Crippen LogP contribution in [-0.2, 0) is 4.79 Å². The zero-order valence-corrected chi connectivity index (χ0v) is 7.46. The van der Waals surface area contributed by atoms with Crippen LogP contribution in [0.2, 0.25) is 0 Å². The highest BCUT2D eigenvalue weighted by Gasteiger charge is 2.44. The van der Waals surface area contributed by atoms with Crippen molar-refractivity contribution in [2.45, 2.75) is 31.4 Å². The molecule has 4 heteroatoms. The molecule has 0 atom stereocenters. The number of hydrogen-bond acceptors (Lipinski definition) is 3. The van der Waals surface area contributed by atoms with Crippen molar-refractivity contribution < 1.29 is 9.59 Å². The number of amides is 2. The lowest BCUT2D eigenvalue weighted by atomic mass is 10.0. The standard InChI is InChI=1S/C7H11NO2S/c1-3-7(4-2)5(9)8-6(10)11-7/h3-4H2,1-2H3,(H,8,9,10). The van der Waals surface area contributed by atoms with E-state index in [4.69, 9.17) is 0 Å². The molecule has 62 valence electrons. The number of carbonyl (C=O) groups is 2. The quantitative estimate of drug-likeness (QED) is 0.688. The number of thioether (sulfide) groups is 1. The fourth-order valence-electron chi connectivity index (χ4n) is 1.17. The number of carbonyl (C=O) groups excluding carboxylic acids is 2. The van der Waals surface area contributed by atoms with Crippen molar-refractivity contribution in [1.82, 2.24) is 5.32 Å². The molecular weight excluding hydrogens is 162 g/mol. The van der Waals surface area contributed by atoms with Gasteiger partial charge in [-0.2, -0.15) is 0 Å². The molecule has 1 N–H and O–H groups in total. The third-order valence-electron chi connectivity index (χ3n) is 2.06. The average molecular weight is 173 g/mol. The molecule has 0 bridgehead atoms. The van der Waals surface area contributed by atoms with Gasteiger partial charge in [0.15, 0.2) is 0 Å². The summed E-state index contributed by atoms with van der Waals surface area (Å²) < 4.78 is -0.475. The molecule has 0 aromatic rings. The van der Waals surface area contributed by atoms with Crippen LogP contribution < -0.4 is 5.32 Å².